The molecular formula is C30H35NO6. The number of ether oxygens (including phenoxy) is 4. The quantitative estimate of drug-likeness (QED) is 0.585. The van der Waals surface area contributed by atoms with Crippen LogP contribution >= 0.6 is 0 Å². The number of nitrogens with zero attached hydrogens (tertiary/aromatic N) is 1. The molecule has 7 heteroatoms. The molecule has 4 bridgehead atoms. The third-order valence-corrected chi connectivity index (χ3v) is 10.6. The lowest BCUT2D eigenvalue weighted by atomic mass is 9.35. The minimum Gasteiger partial charge on any atom is -0.493 e. The second kappa shape index (κ2) is 8.19. The first-order valence-corrected chi connectivity index (χ1v) is 13.5. The van der Waals surface area contributed by atoms with Gasteiger partial charge in [-0.25, -0.2) is 0 Å². The van der Waals surface area contributed by atoms with Gasteiger partial charge in [-0.15, -0.1) is 0 Å². The third kappa shape index (κ3) is 2.91. The fourth-order valence-electron chi connectivity index (χ4n) is 9.30. The standard InChI is InChI=1S/C30H35NO6/c1-34-22-9-8-20-14-23-28-10-11-30(35-2,21(15-28)18-36-17-19-6-4-3-5-7-19)27-29(28,25(20)26(22)37-27)12-13-31(23)16-24(32)33/h3-9,21,23,27H,10-18H2,1-2H3,(H,32,33)/t21-,23-,27-,28-,29+,30-/m1/s1. The molecule has 2 aliphatic heterocycles. The zero-order valence-corrected chi connectivity index (χ0v) is 21.6. The normalized spacial score (nSPS) is 36.6. The SMILES string of the molecule is COc1ccc2c3c1O[C@H]1[C@@]4(OC)CC[C@@]5(C[C@@H]4COCc4ccccc4)[C@@H](C2)N(CC(=O)O)CC[C@]315. The van der Waals surface area contributed by atoms with Gasteiger partial charge < -0.3 is 24.1 Å². The molecule has 6 atom stereocenters. The number of carboxylic acid groups (broad SMARTS) is 1. The van der Waals surface area contributed by atoms with Crippen LogP contribution in [0.2, 0.25) is 0 Å². The van der Waals surface area contributed by atoms with Gasteiger partial charge in [0, 0.05) is 42.0 Å². The highest BCUT2D eigenvalue weighted by Crippen LogP contribution is 2.76. The van der Waals surface area contributed by atoms with Crippen LogP contribution in [0.4, 0.5) is 0 Å². The number of likely N-dealkylation sites (tertiary alicyclic amines) is 1. The lowest BCUT2D eigenvalue weighted by Crippen LogP contribution is -2.81. The molecule has 2 aromatic rings. The molecule has 7 nitrogen and oxygen atoms in total. The largest absolute Gasteiger partial charge is 0.493 e. The number of piperidine rings is 1. The van der Waals surface area contributed by atoms with Gasteiger partial charge >= 0.3 is 5.97 Å². The van der Waals surface area contributed by atoms with E-state index in [0.29, 0.717) is 13.2 Å². The van der Waals surface area contributed by atoms with E-state index in [2.05, 4.69) is 23.1 Å². The number of hydrogen-bond donors (Lipinski definition) is 1. The van der Waals surface area contributed by atoms with Crippen molar-refractivity contribution in [2.45, 2.75) is 61.9 Å². The fraction of sp³-hybridized carbons (Fsp3) is 0.567. The van der Waals surface area contributed by atoms with Crippen LogP contribution in [0.1, 0.15) is 42.4 Å². The van der Waals surface area contributed by atoms with Gasteiger partial charge in [0.1, 0.15) is 11.7 Å². The van der Waals surface area contributed by atoms with Crippen LogP contribution in [0.15, 0.2) is 42.5 Å². The summed E-state index contributed by atoms with van der Waals surface area (Å²) < 4.78 is 25.7. The first kappa shape index (κ1) is 23.5. The van der Waals surface area contributed by atoms with Gasteiger partial charge in [-0.3, -0.25) is 9.69 Å². The molecule has 4 fully saturated rings. The highest BCUT2D eigenvalue weighted by atomic mass is 16.6. The Labute approximate surface area is 217 Å². The van der Waals surface area contributed by atoms with Crippen LogP contribution < -0.4 is 9.47 Å². The summed E-state index contributed by atoms with van der Waals surface area (Å²) in [5.41, 5.74) is 3.00. The lowest BCUT2D eigenvalue weighted by Gasteiger charge is -2.73. The molecule has 0 aromatic heterocycles. The Morgan fingerprint density at radius 3 is 2.73 bits per heavy atom. The Hall–Kier alpha value is -2.61. The fourth-order valence-corrected chi connectivity index (χ4v) is 9.30. The first-order valence-electron chi connectivity index (χ1n) is 13.5. The molecule has 3 saturated carbocycles. The number of aliphatic carboxylic acids is 1. The summed E-state index contributed by atoms with van der Waals surface area (Å²) in [6.07, 6.45) is 4.42. The van der Waals surface area contributed by atoms with Crippen LogP contribution in [0.5, 0.6) is 11.5 Å². The van der Waals surface area contributed by atoms with Crippen LogP contribution in [0.3, 0.4) is 0 Å². The lowest BCUT2D eigenvalue weighted by molar-refractivity contribution is -0.283. The van der Waals surface area contributed by atoms with E-state index >= 15 is 0 Å². The average molecular weight is 506 g/mol. The van der Waals surface area contributed by atoms with Crippen LogP contribution in [0, 0.1) is 11.3 Å². The molecular weight excluding hydrogens is 470 g/mol. The van der Waals surface area contributed by atoms with Crippen molar-refractivity contribution in [2.75, 3.05) is 33.9 Å². The van der Waals surface area contributed by atoms with E-state index in [9.17, 15) is 9.90 Å². The zero-order chi connectivity index (χ0) is 25.4. The van der Waals surface area contributed by atoms with E-state index in [4.69, 9.17) is 18.9 Å². The van der Waals surface area contributed by atoms with Gasteiger partial charge in [0.25, 0.3) is 0 Å². The van der Waals surface area contributed by atoms with E-state index in [1.165, 1.54) is 11.1 Å². The molecule has 6 aliphatic rings. The van der Waals surface area contributed by atoms with Crippen molar-refractivity contribution >= 4 is 5.97 Å². The maximum absolute atomic E-state index is 11.9. The summed E-state index contributed by atoms with van der Waals surface area (Å²) in [5.74, 6) is 1.07. The minimum absolute atomic E-state index is 0.0803. The van der Waals surface area contributed by atoms with Crippen molar-refractivity contribution < 1.29 is 28.8 Å². The van der Waals surface area contributed by atoms with Crippen LogP contribution in [0.25, 0.3) is 0 Å². The van der Waals surface area contributed by atoms with E-state index in [1.54, 1.807) is 7.11 Å². The summed E-state index contributed by atoms with van der Waals surface area (Å²) in [7, 11) is 3.54. The molecule has 0 radical (unpaired) electrons. The van der Waals surface area contributed by atoms with Crippen molar-refractivity contribution in [1.29, 1.82) is 0 Å². The van der Waals surface area contributed by atoms with Crippen molar-refractivity contribution in [3.05, 3.63) is 59.2 Å². The Balaban J connectivity index is 1.33. The summed E-state index contributed by atoms with van der Waals surface area (Å²) in [4.78, 5) is 14.1. The van der Waals surface area contributed by atoms with Crippen molar-refractivity contribution in [3.8, 4) is 11.5 Å². The average Bonchev–Trinajstić information content (AvgIpc) is 3.27. The van der Waals surface area contributed by atoms with E-state index in [0.717, 1.165) is 55.7 Å². The summed E-state index contributed by atoms with van der Waals surface area (Å²) in [6, 6.07) is 14.6. The van der Waals surface area contributed by atoms with Gasteiger partial charge in [-0.05, 0) is 49.3 Å². The number of fused-ring (bicyclic) bond motifs is 2. The Morgan fingerprint density at radius 1 is 1.14 bits per heavy atom. The Kier molecular flexibility index (Phi) is 5.20. The second-order valence-electron chi connectivity index (χ2n) is 11.7. The number of carbonyl (C=O) groups is 1. The molecule has 37 heavy (non-hydrogen) atoms. The molecule has 2 heterocycles. The molecule has 196 valence electrons. The molecule has 0 amide bonds. The van der Waals surface area contributed by atoms with E-state index in [1.807, 2.05) is 31.4 Å². The molecule has 1 N–H and O–H groups in total. The van der Waals surface area contributed by atoms with Crippen molar-refractivity contribution in [3.63, 3.8) is 0 Å². The third-order valence-electron chi connectivity index (χ3n) is 10.6. The van der Waals surface area contributed by atoms with E-state index in [-0.39, 0.29) is 35.4 Å². The predicted molar refractivity (Wildman–Crippen MR) is 136 cm³/mol. The maximum Gasteiger partial charge on any atom is 0.317 e. The highest BCUT2D eigenvalue weighted by Gasteiger charge is 2.80. The Morgan fingerprint density at radius 2 is 1.97 bits per heavy atom. The number of rotatable bonds is 8. The molecule has 1 saturated heterocycles. The minimum atomic E-state index is -0.756. The first-order chi connectivity index (χ1) is 18.0. The monoisotopic (exact) mass is 505 g/mol. The van der Waals surface area contributed by atoms with Crippen molar-refractivity contribution in [2.24, 2.45) is 11.3 Å². The number of hydrogen-bond acceptors (Lipinski definition) is 6. The smallest absolute Gasteiger partial charge is 0.317 e. The van der Waals surface area contributed by atoms with Gasteiger partial charge in [0.05, 0.1) is 26.9 Å². The molecule has 0 unspecified atom stereocenters. The van der Waals surface area contributed by atoms with Crippen LogP contribution in [-0.4, -0.2) is 67.6 Å². The van der Waals surface area contributed by atoms with Gasteiger partial charge in [0.2, 0.25) is 0 Å². The highest BCUT2D eigenvalue weighted by molar-refractivity contribution is 5.70. The summed E-state index contributed by atoms with van der Waals surface area (Å²) in [6.45, 7) is 1.99. The molecule has 2 aromatic carbocycles. The topological polar surface area (TPSA) is 77.5 Å². The molecule has 4 aliphatic carbocycles. The Bertz CT molecular complexity index is 1230. The van der Waals surface area contributed by atoms with Crippen molar-refractivity contribution in [1.82, 2.24) is 4.90 Å². The molecule has 2 spiro atoms. The summed E-state index contributed by atoms with van der Waals surface area (Å²) in [5, 5.41) is 9.78. The van der Waals surface area contributed by atoms with Gasteiger partial charge in [-0.1, -0.05) is 36.4 Å². The van der Waals surface area contributed by atoms with Gasteiger partial charge in [-0.2, -0.15) is 0 Å². The number of methoxy groups -OCH3 is 2. The second-order valence-corrected chi connectivity index (χ2v) is 11.7. The number of carboxylic acids is 1. The van der Waals surface area contributed by atoms with E-state index < -0.39 is 11.6 Å². The van der Waals surface area contributed by atoms with Gasteiger partial charge in [0.15, 0.2) is 11.5 Å². The predicted octanol–water partition coefficient (Wildman–Crippen LogP) is 3.81. The summed E-state index contributed by atoms with van der Waals surface area (Å²) >= 11 is 0. The van der Waals surface area contributed by atoms with Crippen LogP contribution in [-0.2, 0) is 32.7 Å². The number of benzene rings is 2. The zero-order valence-electron chi connectivity index (χ0n) is 21.6. The molecule has 8 rings (SSSR count). The maximum atomic E-state index is 11.9.